The largest absolute Gasteiger partial charge is 0.481 e. The second-order valence-corrected chi connectivity index (χ2v) is 12.4. The molecule has 0 aromatic heterocycles. The Balaban J connectivity index is 4.07. The number of rotatable bonds is 33. The molecule has 1 unspecified atom stereocenters. The molecule has 0 heterocycles. The topological polar surface area (TPSA) is 63.6 Å². The lowest BCUT2D eigenvalue weighted by molar-refractivity contribution is -0.150. The zero-order chi connectivity index (χ0) is 30.8. The van der Waals surface area contributed by atoms with Gasteiger partial charge in [-0.2, -0.15) is 0 Å². The van der Waals surface area contributed by atoms with Gasteiger partial charge in [-0.15, -0.1) is 0 Å². The molecular weight excluding hydrogens is 520 g/mol. The maximum Gasteiger partial charge on any atom is 0.306 e. The first-order valence-corrected chi connectivity index (χ1v) is 18.3. The highest BCUT2D eigenvalue weighted by Gasteiger charge is 2.14. The van der Waals surface area contributed by atoms with E-state index in [2.05, 4.69) is 38.2 Å². The van der Waals surface area contributed by atoms with Gasteiger partial charge in [0.1, 0.15) is 6.10 Å². The molecular formula is C38H70O4. The molecule has 0 aliphatic rings. The Labute approximate surface area is 261 Å². The Morgan fingerprint density at radius 1 is 0.524 bits per heavy atom. The van der Waals surface area contributed by atoms with Gasteiger partial charge >= 0.3 is 11.9 Å². The molecule has 0 radical (unpaired) electrons. The molecule has 0 bridgehead atoms. The summed E-state index contributed by atoms with van der Waals surface area (Å²) in [6.07, 6.45) is 41.8. The molecule has 4 heteroatoms. The molecule has 0 spiro atoms. The van der Waals surface area contributed by atoms with Crippen LogP contribution in [0.5, 0.6) is 0 Å². The molecule has 0 saturated carbocycles. The van der Waals surface area contributed by atoms with Crippen molar-refractivity contribution >= 4 is 11.9 Å². The van der Waals surface area contributed by atoms with Crippen molar-refractivity contribution < 1.29 is 19.4 Å². The third-order valence-electron chi connectivity index (χ3n) is 8.16. The second kappa shape index (κ2) is 33.9. The second-order valence-electron chi connectivity index (χ2n) is 12.4. The van der Waals surface area contributed by atoms with Crippen LogP contribution in [-0.2, 0) is 14.3 Å². The van der Waals surface area contributed by atoms with Crippen LogP contribution in [0.3, 0.4) is 0 Å². The van der Waals surface area contributed by atoms with E-state index < -0.39 is 5.97 Å². The van der Waals surface area contributed by atoms with Gasteiger partial charge in [0.05, 0.1) is 0 Å². The van der Waals surface area contributed by atoms with Crippen LogP contribution in [0.1, 0.15) is 200 Å². The van der Waals surface area contributed by atoms with E-state index in [0.29, 0.717) is 6.42 Å². The van der Waals surface area contributed by atoms with Gasteiger partial charge in [-0.3, -0.25) is 9.59 Å². The van der Waals surface area contributed by atoms with E-state index in [1.165, 1.54) is 96.3 Å². The third kappa shape index (κ3) is 32.9. The summed E-state index contributed by atoms with van der Waals surface area (Å²) in [5.74, 6) is -0.712. The minimum atomic E-state index is -0.701. The highest BCUT2D eigenvalue weighted by Crippen LogP contribution is 2.19. The molecule has 0 aliphatic heterocycles. The Morgan fingerprint density at radius 2 is 0.976 bits per heavy atom. The van der Waals surface area contributed by atoms with Crippen LogP contribution in [0.15, 0.2) is 24.3 Å². The molecule has 0 aromatic rings. The van der Waals surface area contributed by atoms with E-state index in [0.717, 1.165) is 77.0 Å². The van der Waals surface area contributed by atoms with E-state index in [1.807, 2.05) is 0 Å². The summed E-state index contributed by atoms with van der Waals surface area (Å²) < 4.78 is 5.98. The molecule has 246 valence electrons. The first-order valence-electron chi connectivity index (χ1n) is 18.3. The molecule has 0 aliphatic carbocycles. The van der Waals surface area contributed by atoms with E-state index in [1.54, 1.807) is 0 Å². The summed E-state index contributed by atoms with van der Waals surface area (Å²) in [5.41, 5.74) is 0. The molecule has 42 heavy (non-hydrogen) atoms. The van der Waals surface area contributed by atoms with Gasteiger partial charge in [-0.25, -0.2) is 0 Å². The highest BCUT2D eigenvalue weighted by atomic mass is 16.5. The van der Waals surface area contributed by atoms with E-state index in [-0.39, 0.29) is 18.5 Å². The summed E-state index contributed by atoms with van der Waals surface area (Å²) in [6.45, 7) is 4.48. The fourth-order valence-corrected chi connectivity index (χ4v) is 5.46. The number of carbonyl (C=O) groups is 2. The summed E-state index contributed by atoms with van der Waals surface area (Å²) in [4.78, 5) is 23.3. The fraction of sp³-hybridized carbons (Fsp3) is 0.842. The maximum absolute atomic E-state index is 12.6. The van der Waals surface area contributed by atoms with Crippen LogP contribution in [0.2, 0.25) is 0 Å². The van der Waals surface area contributed by atoms with Crippen molar-refractivity contribution in [3.63, 3.8) is 0 Å². The van der Waals surface area contributed by atoms with Crippen LogP contribution in [0.25, 0.3) is 0 Å². The lowest BCUT2D eigenvalue weighted by atomic mass is 10.0. The average molecular weight is 591 g/mol. The third-order valence-corrected chi connectivity index (χ3v) is 8.16. The van der Waals surface area contributed by atoms with Gasteiger partial charge in [-0.05, 0) is 64.2 Å². The number of carboxylic acids is 1. The first kappa shape index (κ1) is 40.4. The number of allylic oxidation sites excluding steroid dienone is 4. The summed E-state index contributed by atoms with van der Waals surface area (Å²) in [6, 6.07) is 0. The molecule has 1 N–H and O–H groups in total. The van der Waals surface area contributed by atoms with E-state index >= 15 is 0 Å². The molecule has 4 nitrogen and oxygen atoms in total. The number of aliphatic carboxylic acids is 1. The number of hydrogen-bond acceptors (Lipinski definition) is 3. The van der Waals surface area contributed by atoms with Crippen molar-refractivity contribution in [2.45, 2.75) is 206 Å². The normalized spacial score (nSPS) is 12.4. The van der Waals surface area contributed by atoms with Crippen LogP contribution in [0, 0.1) is 0 Å². The van der Waals surface area contributed by atoms with Crippen LogP contribution >= 0.6 is 0 Å². The standard InChI is InChI=1S/C38H70O4/c1-3-5-7-9-11-13-15-16-18-20-22-27-31-35-38(41)42-36(33-29-25-23-26-30-34-37(39)40)32-28-24-21-19-17-14-12-10-8-6-4-2/h7,9,13,15,36H,3-6,8,10-12,14,16-35H2,1-2H3,(H,39,40)/b9-7-,15-13-. The molecule has 0 aromatic carbocycles. The Kier molecular flexibility index (Phi) is 32.6. The van der Waals surface area contributed by atoms with E-state index in [4.69, 9.17) is 9.84 Å². The van der Waals surface area contributed by atoms with Gasteiger partial charge in [-0.1, -0.05) is 147 Å². The number of esters is 1. The maximum atomic E-state index is 12.6. The smallest absolute Gasteiger partial charge is 0.306 e. The predicted octanol–water partition coefficient (Wildman–Crippen LogP) is 12.4. The Hall–Kier alpha value is -1.58. The molecule has 1 atom stereocenters. The number of ether oxygens (including phenoxy) is 1. The van der Waals surface area contributed by atoms with Crippen LogP contribution in [-0.4, -0.2) is 23.1 Å². The van der Waals surface area contributed by atoms with Gasteiger partial charge in [0.15, 0.2) is 0 Å². The first-order chi connectivity index (χ1) is 20.6. The number of carbonyl (C=O) groups excluding carboxylic acids is 1. The van der Waals surface area contributed by atoms with Gasteiger partial charge in [0, 0.05) is 12.8 Å². The van der Waals surface area contributed by atoms with Gasteiger partial charge in [0.2, 0.25) is 0 Å². The van der Waals surface area contributed by atoms with Crippen LogP contribution in [0.4, 0.5) is 0 Å². The van der Waals surface area contributed by atoms with Crippen molar-refractivity contribution in [2.24, 2.45) is 0 Å². The van der Waals surface area contributed by atoms with Crippen molar-refractivity contribution in [1.29, 1.82) is 0 Å². The van der Waals surface area contributed by atoms with Crippen molar-refractivity contribution in [1.82, 2.24) is 0 Å². The van der Waals surface area contributed by atoms with Crippen molar-refractivity contribution in [2.75, 3.05) is 0 Å². The minimum absolute atomic E-state index is 0.0106. The summed E-state index contributed by atoms with van der Waals surface area (Å²) in [5, 5.41) is 8.79. The highest BCUT2D eigenvalue weighted by molar-refractivity contribution is 5.69. The van der Waals surface area contributed by atoms with Gasteiger partial charge < -0.3 is 9.84 Å². The quantitative estimate of drug-likeness (QED) is 0.0469. The fourth-order valence-electron chi connectivity index (χ4n) is 5.46. The van der Waals surface area contributed by atoms with Crippen molar-refractivity contribution in [3.8, 4) is 0 Å². The summed E-state index contributed by atoms with van der Waals surface area (Å²) in [7, 11) is 0. The minimum Gasteiger partial charge on any atom is -0.481 e. The number of carboxylic acid groups (broad SMARTS) is 1. The van der Waals surface area contributed by atoms with Crippen molar-refractivity contribution in [3.05, 3.63) is 24.3 Å². The average Bonchev–Trinajstić information content (AvgIpc) is 2.97. The van der Waals surface area contributed by atoms with Crippen LogP contribution < -0.4 is 0 Å². The molecule has 0 rings (SSSR count). The zero-order valence-electron chi connectivity index (χ0n) is 28.1. The zero-order valence-corrected chi connectivity index (χ0v) is 28.1. The Bertz CT molecular complexity index is 639. The summed E-state index contributed by atoms with van der Waals surface area (Å²) >= 11 is 0. The van der Waals surface area contributed by atoms with Gasteiger partial charge in [0.25, 0.3) is 0 Å². The lowest BCUT2D eigenvalue weighted by Crippen LogP contribution is -2.18. The molecule has 0 saturated heterocycles. The molecule has 0 amide bonds. The predicted molar refractivity (Wildman–Crippen MR) is 181 cm³/mol. The monoisotopic (exact) mass is 591 g/mol. The lowest BCUT2D eigenvalue weighted by Gasteiger charge is -2.18. The van der Waals surface area contributed by atoms with E-state index in [9.17, 15) is 9.59 Å². The molecule has 0 fully saturated rings. The SMILES string of the molecule is CCC/C=C\C/C=C\CCCCCCCC(=O)OC(CCCCCCCCCCCCC)CCCCCCCC(=O)O. The Morgan fingerprint density at radius 3 is 1.50 bits per heavy atom. The number of hydrogen-bond donors (Lipinski definition) is 1. The number of unbranched alkanes of at least 4 members (excludes halogenated alkanes) is 20.